The van der Waals surface area contributed by atoms with Crippen molar-refractivity contribution in [2.24, 2.45) is 5.92 Å². The number of aromatic nitrogens is 2. The predicted octanol–water partition coefficient (Wildman–Crippen LogP) is 1.04. The molecule has 2 aliphatic heterocycles. The number of amides is 2. The summed E-state index contributed by atoms with van der Waals surface area (Å²) in [7, 11) is 0. The Kier molecular flexibility index (Phi) is 5.15. The molecule has 0 N–H and O–H groups in total. The maximum atomic E-state index is 12.8. The lowest BCUT2D eigenvalue weighted by Crippen LogP contribution is -2.51. The summed E-state index contributed by atoms with van der Waals surface area (Å²) in [5.74, 6) is 0.398. The first-order valence-electron chi connectivity index (χ1n) is 9.66. The van der Waals surface area contributed by atoms with Crippen molar-refractivity contribution in [2.75, 3.05) is 26.2 Å². The van der Waals surface area contributed by atoms with Gasteiger partial charge >= 0.3 is 0 Å². The number of hydrogen-bond donors (Lipinski definition) is 0. The third kappa shape index (κ3) is 3.58. The molecule has 4 rings (SSSR count). The average Bonchev–Trinajstić information content (AvgIpc) is 3.35. The Morgan fingerprint density at radius 2 is 1.88 bits per heavy atom. The van der Waals surface area contributed by atoms with Crippen LogP contribution in [-0.4, -0.2) is 70.0 Å². The van der Waals surface area contributed by atoms with E-state index in [-0.39, 0.29) is 29.9 Å². The zero-order chi connectivity index (χ0) is 17.9. The second kappa shape index (κ2) is 7.70. The van der Waals surface area contributed by atoms with E-state index in [4.69, 9.17) is 4.74 Å². The second-order valence-corrected chi connectivity index (χ2v) is 7.51. The SMILES string of the molecule is O=C([C@H]1C[C@@H]2[C@@H](C1)OCCN2C(=O)CCc1cncnc1)N1CCCC1. The van der Waals surface area contributed by atoms with Crippen LogP contribution in [0, 0.1) is 5.92 Å². The van der Waals surface area contributed by atoms with Crippen LogP contribution in [0.15, 0.2) is 18.7 Å². The molecule has 0 radical (unpaired) electrons. The van der Waals surface area contributed by atoms with E-state index < -0.39 is 0 Å². The maximum Gasteiger partial charge on any atom is 0.225 e. The first-order chi connectivity index (χ1) is 12.7. The first-order valence-corrected chi connectivity index (χ1v) is 9.66. The van der Waals surface area contributed by atoms with Crippen molar-refractivity contribution in [1.29, 1.82) is 0 Å². The lowest BCUT2D eigenvalue weighted by Gasteiger charge is -2.37. The van der Waals surface area contributed by atoms with Gasteiger partial charge in [-0.05, 0) is 37.7 Å². The fourth-order valence-corrected chi connectivity index (χ4v) is 4.51. The molecule has 7 heteroatoms. The molecule has 3 fully saturated rings. The molecule has 0 bridgehead atoms. The van der Waals surface area contributed by atoms with Crippen molar-refractivity contribution in [1.82, 2.24) is 19.8 Å². The molecule has 1 aliphatic carbocycles. The molecule has 2 amide bonds. The minimum absolute atomic E-state index is 0.000904. The Balaban J connectivity index is 1.36. The van der Waals surface area contributed by atoms with E-state index >= 15 is 0 Å². The first kappa shape index (κ1) is 17.4. The minimum atomic E-state index is -0.000904. The highest BCUT2D eigenvalue weighted by molar-refractivity contribution is 5.80. The Hall–Kier alpha value is -2.02. The number of hydrogen-bond acceptors (Lipinski definition) is 5. The van der Waals surface area contributed by atoms with Crippen molar-refractivity contribution < 1.29 is 14.3 Å². The van der Waals surface area contributed by atoms with E-state index in [1.54, 1.807) is 12.4 Å². The zero-order valence-corrected chi connectivity index (χ0v) is 15.0. The van der Waals surface area contributed by atoms with Gasteiger partial charge in [0.2, 0.25) is 11.8 Å². The van der Waals surface area contributed by atoms with Crippen LogP contribution in [0.1, 0.15) is 37.7 Å². The van der Waals surface area contributed by atoms with Crippen LogP contribution in [-0.2, 0) is 20.7 Å². The van der Waals surface area contributed by atoms with Gasteiger partial charge in [0.05, 0.1) is 18.8 Å². The molecule has 1 aromatic rings. The van der Waals surface area contributed by atoms with Crippen molar-refractivity contribution in [3.8, 4) is 0 Å². The number of carbonyl (C=O) groups is 2. The molecule has 1 saturated carbocycles. The number of fused-ring (bicyclic) bond motifs is 1. The van der Waals surface area contributed by atoms with Crippen LogP contribution >= 0.6 is 0 Å². The molecular formula is C19H26N4O3. The summed E-state index contributed by atoms with van der Waals surface area (Å²) in [5, 5.41) is 0. The van der Waals surface area contributed by atoms with Gasteiger partial charge in [0.15, 0.2) is 0 Å². The molecule has 26 heavy (non-hydrogen) atoms. The third-order valence-corrected chi connectivity index (χ3v) is 5.87. The van der Waals surface area contributed by atoms with Crippen LogP contribution in [0.4, 0.5) is 0 Å². The summed E-state index contributed by atoms with van der Waals surface area (Å²) in [6.45, 7) is 2.95. The van der Waals surface area contributed by atoms with Gasteiger partial charge in [0.25, 0.3) is 0 Å². The summed E-state index contributed by atoms with van der Waals surface area (Å²) in [6, 6.07) is 0.0415. The number of ether oxygens (including phenoxy) is 1. The highest BCUT2D eigenvalue weighted by Crippen LogP contribution is 2.36. The average molecular weight is 358 g/mol. The fourth-order valence-electron chi connectivity index (χ4n) is 4.51. The molecule has 0 unspecified atom stereocenters. The molecule has 3 aliphatic rings. The maximum absolute atomic E-state index is 12.8. The normalized spacial score (nSPS) is 28.2. The second-order valence-electron chi connectivity index (χ2n) is 7.51. The predicted molar refractivity (Wildman–Crippen MR) is 94.1 cm³/mol. The molecule has 140 valence electrons. The topological polar surface area (TPSA) is 75.6 Å². The van der Waals surface area contributed by atoms with Crippen molar-refractivity contribution >= 4 is 11.8 Å². The molecule has 7 nitrogen and oxygen atoms in total. The van der Waals surface area contributed by atoms with Crippen molar-refractivity contribution in [3.63, 3.8) is 0 Å². The van der Waals surface area contributed by atoms with Gasteiger partial charge in [-0.3, -0.25) is 9.59 Å². The van der Waals surface area contributed by atoms with Crippen LogP contribution in [0.3, 0.4) is 0 Å². The van der Waals surface area contributed by atoms with Gasteiger partial charge in [-0.2, -0.15) is 0 Å². The Morgan fingerprint density at radius 1 is 1.12 bits per heavy atom. The lowest BCUT2D eigenvalue weighted by molar-refractivity contribution is -0.144. The number of rotatable bonds is 4. The van der Waals surface area contributed by atoms with Crippen molar-refractivity contribution in [3.05, 3.63) is 24.3 Å². The minimum Gasteiger partial charge on any atom is -0.374 e. The Bertz CT molecular complexity index is 647. The Labute approximate surface area is 153 Å². The Morgan fingerprint density at radius 3 is 2.65 bits per heavy atom. The third-order valence-electron chi connectivity index (χ3n) is 5.87. The zero-order valence-electron chi connectivity index (χ0n) is 15.0. The highest BCUT2D eigenvalue weighted by Gasteiger charge is 2.46. The summed E-state index contributed by atoms with van der Waals surface area (Å²) in [6.07, 6.45) is 9.79. The molecule has 3 heterocycles. The number of likely N-dealkylation sites (tertiary alicyclic amines) is 1. The summed E-state index contributed by atoms with van der Waals surface area (Å²) in [5.41, 5.74) is 0.971. The number of carbonyl (C=O) groups excluding carboxylic acids is 2. The summed E-state index contributed by atoms with van der Waals surface area (Å²) >= 11 is 0. The standard InChI is InChI=1S/C19H26N4O3/c24-18(4-3-14-11-20-13-21-12-14)23-7-8-26-17-10-15(9-16(17)23)19(25)22-5-1-2-6-22/h11-13,15-17H,1-10H2/t15-,16+,17+/m0/s1. The van der Waals surface area contributed by atoms with Crippen molar-refractivity contribution in [2.45, 2.75) is 50.7 Å². The van der Waals surface area contributed by atoms with Crippen LogP contribution in [0.5, 0.6) is 0 Å². The van der Waals surface area contributed by atoms with Gasteiger partial charge in [-0.1, -0.05) is 0 Å². The fraction of sp³-hybridized carbons (Fsp3) is 0.684. The molecule has 2 saturated heterocycles. The quantitative estimate of drug-likeness (QED) is 0.804. The van der Waals surface area contributed by atoms with Crippen LogP contribution in [0.25, 0.3) is 0 Å². The van der Waals surface area contributed by atoms with Gasteiger partial charge in [-0.25, -0.2) is 9.97 Å². The van der Waals surface area contributed by atoms with E-state index in [1.165, 1.54) is 6.33 Å². The van der Waals surface area contributed by atoms with Crippen LogP contribution in [0.2, 0.25) is 0 Å². The lowest BCUT2D eigenvalue weighted by atomic mass is 10.1. The van der Waals surface area contributed by atoms with Gasteiger partial charge in [0.1, 0.15) is 6.33 Å². The molecule has 3 atom stereocenters. The molecule has 1 aromatic heterocycles. The van der Waals surface area contributed by atoms with E-state index in [1.807, 2.05) is 9.80 Å². The van der Waals surface area contributed by atoms with Gasteiger partial charge < -0.3 is 14.5 Å². The summed E-state index contributed by atoms with van der Waals surface area (Å²) < 4.78 is 5.90. The van der Waals surface area contributed by atoms with Gasteiger partial charge in [0, 0.05) is 44.4 Å². The summed E-state index contributed by atoms with van der Waals surface area (Å²) in [4.78, 5) is 37.4. The number of nitrogens with zero attached hydrogens (tertiary/aromatic N) is 4. The van der Waals surface area contributed by atoms with E-state index in [9.17, 15) is 9.59 Å². The van der Waals surface area contributed by atoms with Gasteiger partial charge in [-0.15, -0.1) is 0 Å². The number of aryl methyl sites for hydroxylation is 1. The largest absolute Gasteiger partial charge is 0.374 e. The van der Waals surface area contributed by atoms with E-state index in [2.05, 4.69) is 9.97 Å². The molecule has 0 aromatic carbocycles. The molecular weight excluding hydrogens is 332 g/mol. The smallest absolute Gasteiger partial charge is 0.225 e. The van der Waals surface area contributed by atoms with E-state index in [0.717, 1.165) is 44.3 Å². The molecule has 0 spiro atoms. The number of morpholine rings is 1. The monoisotopic (exact) mass is 358 g/mol. The van der Waals surface area contributed by atoms with E-state index in [0.29, 0.717) is 26.0 Å². The van der Waals surface area contributed by atoms with Crippen LogP contribution < -0.4 is 0 Å². The highest BCUT2D eigenvalue weighted by atomic mass is 16.5.